The van der Waals surface area contributed by atoms with Crippen LogP contribution in [0.4, 0.5) is 0 Å². The van der Waals surface area contributed by atoms with Crippen LogP contribution in [0.5, 0.6) is 0 Å². The lowest BCUT2D eigenvalue weighted by atomic mass is 9.80. The monoisotopic (exact) mass is 1110 g/mol. The molecule has 0 saturated carbocycles. The molecular weight excluding hydrogens is 1060 g/mol. The molecule has 5 heteroatoms. The molecule has 2 aliphatic rings. The third kappa shape index (κ3) is 6.01. The molecule has 0 radical (unpaired) electrons. The average molecular weight is 1110 g/mol. The lowest BCUT2D eigenvalue weighted by Crippen LogP contribution is -2.15. The third-order valence-corrected chi connectivity index (χ3v) is 22.7. The molecule has 0 saturated heterocycles. The number of fused-ring (bicyclic) bond motifs is 27. The maximum absolute atomic E-state index is 2.62. The Morgan fingerprint density at radius 2 is 0.771 bits per heavy atom. The Hall–Kier alpha value is -9.10. The van der Waals surface area contributed by atoms with Crippen molar-refractivity contribution in [3.8, 4) is 55.9 Å². The van der Waals surface area contributed by atoms with Crippen molar-refractivity contribution in [3.05, 3.63) is 253 Å². The number of nitrogens with zero attached hydrogens (tertiary/aromatic N) is 2. The lowest BCUT2D eigenvalue weighted by Gasteiger charge is -2.23. The van der Waals surface area contributed by atoms with Crippen molar-refractivity contribution < 1.29 is 0 Å². The van der Waals surface area contributed by atoms with Gasteiger partial charge in [-0.15, -0.1) is 34.0 Å². The van der Waals surface area contributed by atoms with Gasteiger partial charge in [0, 0.05) is 94.9 Å². The van der Waals surface area contributed by atoms with Gasteiger partial charge in [-0.3, -0.25) is 0 Å². The van der Waals surface area contributed by atoms with E-state index >= 15 is 0 Å². The minimum absolute atomic E-state index is 0.199. The first-order chi connectivity index (χ1) is 40.7. The minimum atomic E-state index is -0.249. The van der Waals surface area contributed by atoms with Crippen molar-refractivity contribution in [2.75, 3.05) is 0 Å². The van der Waals surface area contributed by atoms with Crippen LogP contribution in [0.1, 0.15) is 49.9 Å². The Labute approximate surface area is 491 Å². The van der Waals surface area contributed by atoms with E-state index < -0.39 is 0 Å². The van der Waals surface area contributed by atoms with E-state index in [-0.39, 0.29) is 10.8 Å². The van der Waals surface area contributed by atoms with E-state index in [0.29, 0.717) is 0 Å². The number of hydrogen-bond acceptors (Lipinski definition) is 3. The molecular formula is C78H50N2S3. The van der Waals surface area contributed by atoms with E-state index in [1.165, 1.54) is 177 Å². The molecule has 0 atom stereocenters. The summed E-state index contributed by atoms with van der Waals surface area (Å²) >= 11 is 5.80. The quantitative estimate of drug-likeness (QED) is 0.166. The van der Waals surface area contributed by atoms with Gasteiger partial charge in [-0.05, 0) is 133 Å². The van der Waals surface area contributed by atoms with Gasteiger partial charge in [-0.25, -0.2) is 0 Å². The Morgan fingerprint density at radius 3 is 1.47 bits per heavy atom. The maximum atomic E-state index is 2.62. The van der Waals surface area contributed by atoms with Gasteiger partial charge in [0.1, 0.15) is 0 Å². The molecule has 83 heavy (non-hydrogen) atoms. The van der Waals surface area contributed by atoms with Crippen molar-refractivity contribution in [2.24, 2.45) is 0 Å². The van der Waals surface area contributed by atoms with Crippen molar-refractivity contribution >= 4 is 138 Å². The van der Waals surface area contributed by atoms with E-state index in [9.17, 15) is 0 Å². The van der Waals surface area contributed by atoms with Crippen LogP contribution in [-0.4, -0.2) is 9.13 Å². The van der Waals surface area contributed by atoms with Gasteiger partial charge in [0.15, 0.2) is 0 Å². The normalized spacial score (nSPS) is 14.2. The van der Waals surface area contributed by atoms with Crippen LogP contribution >= 0.6 is 34.0 Å². The average Bonchev–Trinajstić information content (AvgIpc) is 1.88. The first-order valence-corrected chi connectivity index (χ1v) is 31.3. The molecule has 0 bridgehead atoms. The fraction of sp³-hybridized carbons (Fsp3) is 0.0769. The van der Waals surface area contributed by atoms with Crippen molar-refractivity contribution in [2.45, 2.75) is 38.5 Å². The number of benzene rings is 12. The summed E-state index contributed by atoms with van der Waals surface area (Å²) in [7, 11) is 0. The molecule has 390 valence electrons. The molecule has 0 aliphatic heterocycles. The summed E-state index contributed by atoms with van der Waals surface area (Å²) in [6.07, 6.45) is 0. The molecule has 5 heterocycles. The number of hydrogen-bond donors (Lipinski definition) is 0. The number of aromatic nitrogens is 2. The van der Waals surface area contributed by atoms with Gasteiger partial charge >= 0.3 is 0 Å². The minimum Gasteiger partial charge on any atom is -0.308 e. The van der Waals surface area contributed by atoms with Crippen LogP contribution in [0, 0.1) is 0 Å². The Balaban J connectivity index is 0.912. The molecule has 5 aromatic heterocycles. The number of thiophene rings is 3. The highest BCUT2D eigenvalue weighted by Crippen LogP contribution is 2.61. The predicted molar refractivity (Wildman–Crippen MR) is 360 cm³/mol. The second kappa shape index (κ2) is 16.3. The lowest BCUT2D eigenvalue weighted by molar-refractivity contribution is 0.667. The van der Waals surface area contributed by atoms with Gasteiger partial charge in [0.2, 0.25) is 0 Å². The van der Waals surface area contributed by atoms with Gasteiger partial charge < -0.3 is 9.13 Å². The second-order valence-corrected chi connectivity index (χ2v) is 27.4. The molecule has 0 amide bonds. The fourth-order valence-corrected chi connectivity index (χ4v) is 19.2. The van der Waals surface area contributed by atoms with Gasteiger partial charge in [-0.1, -0.05) is 191 Å². The highest BCUT2D eigenvalue weighted by Gasteiger charge is 2.43. The smallest absolute Gasteiger partial charge is 0.0726 e. The summed E-state index contributed by atoms with van der Waals surface area (Å²) < 4.78 is 13.2. The first-order valence-electron chi connectivity index (χ1n) is 28.9. The Morgan fingerprint density at radius 1 is 0.301 bits per heavy atom. The van der Waals surface area contributed by atoms with E-state index in [1.54, 1.807) is 0 Å². The largest absolute Gasteiger partial charge is 0.308 e. The van der Waals surface area contributed by atoms with Crippen LogP contribution in [-0.2, 0) is 10.8 Å². The molecule has 2 aliphatic carbocycles. The summed E-state index contributed by atoms with van der Waals surface area (Å²) in [5, 5.41) is 13.3. The molecule has 12 aromatic carbocycles. The zero-order chi connectivity index (χ0) is 54.8. The molecule has 2 nitrogen and oxygen atoms in total. The summed E-state index contributed by atoms with van der Waals surface area (Å²) in [4.78, 5) is 0. The third-order valence-electron chi connectivity index (χ3n) is 19.2. The van der Waals surface area contributed by atoms with E-state index in [1.807, 2.05) is 34.0 Å². The van der Waals surface area contributed by atoms with Crippen LogP contribution in [0.2, 0.25) is 0 Å². The molecule has 19 rings (SSSR count). The molecule has 0 fully saturated rings. The van der Waals surface area contributed by atoms with E-state index in [2.05, 4.69) is 267 Å². The second-order valence-electron chi connectivity index (χ2n) is 24.2. The van der Waals surface area contributed by atoms with Crippen molar-refractivity contribution in [1.82, 2.24) is 9.13 Å². The number of para-hydroxylation sites is 1. The van der Waals surface area contributed by atoms with Gasteiger partial charge in [-0.2, -0.15) is 0 Å². The van der Waals surface area contributed by atoms with E-state index in [4.69, 9.17) is 0 Å². The molecule has 0 unspecified atom stereocenters. The standard InChI is InChI=1S/C78H50N2S3/c1-77(2)57-25-13-9-22-51(57)66-68-53-37-32-46(41-60(53)79(47-34-30-44(31-35-47)43-18-6-5-7-19-43)73(68)75-69(71(66)77)54-24-12-17-29-62(54)82-75)45-33-38-64-56(40-45)70-72-65(50-21-8-14-26-58(50)78(72,3)4)67-52-23-10-15-27-59(52)80(74(67)76(70)83-64)48-36-39-63-55(42-48)49-20-11-16-28-61(49)81-63/h5-42H,1-4H3. The Bertz CT molecular complexity index is 5730. The summed E-state index contributed by atoms with van der Waals surface area (Å²) in [6.45, 7) is 9.83. The zero-order valence-electron chi connectivity index (χ0n) is 46.1. The SMILES string of the molecule is CC1(C)c2ccccc2-c2c1c1c3cc(-c4ccc5c6c7c(c8c9ccccc9sc8c6n(-c6ccc(-c8ccccc8)cc6)c5c4)C(C)(C)c4ccccc4-7)ccc3sc1c1c2c2ccccc2n1-c1ccc2sc3ccccc3c2c1. The predicted octanol–water partition coefficient (Wildman–Crippen LogP) is 22.9. The van der Waals surface area contributed by atoms with E-state index in [0.717, 1.165) is 5.69 Å². The molecule has 0 spiro atoms. The van der Waals surface area contributed by atoms with Crippen LogP contribution in [0.15, 0.2) is 231 Å². The van der Waals surface area contributed by atoms with Crippen LogP contribution < -0.4 is 0 Å². The highest BCUT2D eigenvalue weighted by molar-refractivity contribution is 7.27. The van der Waals surface area contributed by atoms with Crippen LogP contribution in [0.25, 0.3) is 160 Å². The number of rotatable bonds is 4. The first kappa shape index (κ1) is 46.5. The fourth-order valence-electron chi connectivity index (χ4n) is 15.7. The van der Waals surface area contributed by atoms with Crippen molar-refractivity contribution in [1.29, 1.82) is 0 Å². The summed E-state index contributed by atoms with van der Waals surface area (Å²) in [5.74, 6) is 0. The topological polar surface area (TPSA) is 9.86 Å². The Kier molecular flexibility index (Phi) is 9.15. The molecule has 0 N–H and O–H groups in total. The molecule has 17 aromatic rings. The summed E-state index contributed by atoms with van der Waals surface area (Å²) in [5.41, 5.74) is 22.9. The van der Waals surface area contributed by atoms with Gasteiger partial charge in [0.05, 0.1) is 31.5 Å². The van der Waals surface area contributed by atoms with Crippen molar-refractivity contribution in [3.63, 3.8) is 0 Å². The summed E-state index contributed by atoms with van der Waals surface area (Å²) in [6, 6.07) is 87.6. The highest BCUT2D eigenvalue weighted by atomic mass is 32.1. The maximum Gasteiger partial charge on any atom is 0.0726 e. The van der Waals surface area contributed by atoms with Gasteiger partial charge in [0.25, 0.3) is 0 Å². The zero-order valence-corrected chi connectivity index (χ0v) is 48.5. The van der Waals surface area contributed by atoms with Crippen LogP contribution in [0.3, 0.4) is 0 Å².